The Bertz CT molecular complexity index is 776. The van der Waals surface area contributed by atoms with E-state index in [2.05, 4.69) is 16.0 Å². The highest BCUT2D eigenvalue weighted by atomic mass is 16.5. The number of nitrogens with zero attached hydrogens (tertiary/aromatic N) is 2. The van der Waals surface area contributed by atoms with Crippen LogP contribution in [0.15, 0.2) is 18.2 Å². The molecule has 0 saturated carbocycles. The molecule has 1 fully saturated rings. The molecule has 1 aliphatic rings. The third kappa shape index (κ3) is 4.95. The van der Waals surface area contributed by atoms with Crippen molar-refractivity contribution >= 4 is 22.6 Å². The summed E-state index contributed by atoms with van der Waals surface area (Å²) in [5, 5.41) is 1.05. The summed E-state index contributed by atoms with van der Waals surface area (Å²) in [4.78, 5) is 20.0. The van der Waals surface area contributed by atoms with Crippen LogP contribution in [0, 0.1) is 0 Å². The average molecular weight is 373 g/mol. The summed E-state index contributed by atoms with van der Waals surface area (Å²) in [6.07, 6.45) is 3.77. The summed E-state index contributed by atoms with van der Waals surface area (Å²) in [6, 6.07) is 5.98. The number of piperidine rings is 1. The maximum atomic E-state index is 12.4. The molecule has 148 valence electrons. The van der Waals surface area contributed by atoms with Crippen LogP contribution in [0.5, 0.6) is 5.75 Å². The lowest BCUT2D eigenvalue weighted by Crippen LogP contribution is -2.29. The lowest BCUT2D eigenvalue weighted by atomic mass is 10.1. The van der Waals surface area contributed by atoms with Crippen LogP contribution in [0.3, 0.4) is 0 Å². The molecular formula is C21H31N3O3. The van der Waals surface area contributed by atoms with Gasteiger partial charge in [-0.1, -0.05) is 0 Å². The van der Waals surface area contributed by atoms with Crippen molar-refractivity contribution in [3.63, 3.8) is 0 Å². The number of rotatable bonds is 7. The predicted octanol–water partition coefficient (Wildman–Crippen LogP) is 3.66. The maximum absolute atomic E-state index is 12.4. The molecule has 0 aliphatic carbocycles. The molecule has 1 saturated heterocycles. The van der Waals surface area contributed by atoms with E-state index in [1.165, 1.54) is 19.3 Å². The van der Waals surface area contributed by atoms with Crippen LogP contribution in [0.2, 0.25) is 0 Å². The van der Waals surface area contributed by atoms with Crippen LogP contribution in [-0.4, -0.2) is 62.3 Å². The van der Waals surface area contributed by atoms with Gasteiger partial charge in [0.15, 0.2) is 0 Å². The molecule has 0 bridgehead atoms. The first kappa shape index (κ1) is 19.5. The van der Waals surface area contributed by atoms with Crippen molar-refractivity contribution in [2.75, 3.05) is 45.2 Å². The van der Waals surface area contributed by atoms with Crippen LogP contribution < -0.4 is 9.64 Å². The number of aromatic nitrogens is 1. The number of aromatic amines is 1. The summed E-state index contributed by atoms with van der Waals surface area (Å²) < 4.78 is 11.3. The van der Waals surface area contributed by atoms with Gasteiger partial charge in [-0.05, 0) is 53.3 Å². The van der Waals surface area contributed by atoms with Crippen molar-refractivity contribution in [2.45, 2.75) is 39.2 Å². The summed E-state index contributed by atoms with van der Waals surface area (Å²) in [7, 11) is 3.91. The zero-order valence-electron chi connectivity index (χ0n) is 16.9. The number of benzene rings is 1. The summed E-state index contributed by atoms with van der Waals surface area (Å²) in [5.74, 6) is 0.511. The minimum Gasteiger partial charge on any atom is -0.491 e. The number of fused-ring (bicyclic) bond motifs is 1. The number of H-pyrrole nitrogens is 1. The second-order valence-electron chi connectivity index (χ2n) is 7.74. The first-order valence-corrected chi connectivity index (χ1v) is 9.84. The standard InChI is InChI=1S/C21H31N3O3/c1-15(2)27-16-12-18-17(20(13-16)24-8-6-5-7-9-24)14-19(22-18)21(25)26-11-10-23(3)4/h12-15,22H,5-11H2,1-4H3. The summed E-state index contributed by atoms with van der Waals surface area (Å²) in [6.45, 7) is 7.20. The Labute approximate surface area is 161 Å². The molecule has 0 amide bonds. The van der Waals surface area contributed by atoms with Crippen molar-refractivity contribution in [1.82, 2.24) is 9.88 Å². The molecule has 1 aromatic heterocycles. The number of hydrogen-bond donors (Lipinski definition) is 1. The van der Waals surface area contributed by atoms with Gasteiger partial charge >= 0.3 is 5.97 Å². The molecule has 0 radical (unpaired) electrons. The third-order valence-electron chi connectivity index (χ3n) is 4.75. The fourth-order valence-electron chi connectivity index (χ4n) is 3.44. The average Bonchev–Trinajstić information content (AvgIpc) is 3.05. The Hall–Kier alpha value is -2.21. The topological polar surface area (TPSA) is 57.8 Å². The smallest absolute Gasteiger partial charge is 0.354 e. The quantitative estimate of drug-likeness (QED) is 0.751. The number of hydrogen-bond acceptors (Lipinski definition) is 5. The van der Waals surface area contributed by atoms with E-state index in [4.69, 9.17) is 9.47 Å². The predicted molar refractivity (Wildman–Crippen MR) is 109 cm³/mol. The largest absolute Gasteiger partial charge is 0.491 e. The Morgan fingerprint density at radius 2 is 1.93 bits per heavy atom. The number of likely N-dealkylation sites (N-methyl/N-ethyl adjacent to an activating group) is 1. The molecule has 1 N–H and O–H groups in total. The lowest BCUT2D eigenvalue weighted by Gasteiger charge is -2.30. The van der Waals surface area contributed by atoms with Gasteiger partial charge in [0.1, 0.15) is 18.1 Å². The van der Waals surface area contributed by atoms with Gasteiger partial charge in [-0.25, -0.2) is 4.79 Å². The molecule has 0 spiro atoms. The fraction of sp³-hybridized carbons (Fsp3) is 0.571. The van der Waals surface area contributed by atoms with Gasteiger partial charge in [-0.2, -0.15) is 0 Å². The van der Waals surface area contributed by atoms with Crippen LogP contribution >= 0.6 is 0 Å². The Kier molecular flexibility index (Phi) is 6.26. The van der Waals surface area contributed by atoms with E-state index < -0.39 is 0 Å². The SMILES string of the molecule is CC(C)Oc1cc(N2CCCCC2)c2cc(C(=O)OCCN(C)C)[nH]c2c1. The summed E-state index contributed by atoms with van der Waals surface area (Å²) in [5.41, 5.74) is 2.53. The monoisotopic (exact) mass is 373 g/mol. The van der Waals surface area contributed by atoms with Gasteiger partial charge in [0.2, 0.25) is 0 Å². The highest BCUT2D eigenvalue weighted by molar-refractivity contribution is 6.01. The van der Waals surface area contributed by atoms with Gasteiger partial charge < -0.3 is 24.3 Å². The molecule has 2 aromatic rings. The number of carbonyl (C=O) groups excluding carboxylic acids is 1. The van der Waals surface area contributed by atoms with E-state index in [0.29, 0.717) is 18.8 Å². The zero-order valence-corrected chi connectivity index (χ0v) is 16.9. The maximum Gasteiger partial charge on any atom is 0.354 e. The minimum absolute atomic E-state index is 0.0992. The number of nitrogens with one attached hydrogen (secondary N) is 1. The fourth-order valence-corrected chi connectivity index (χ4v) is 3.44. The molecule has 0 unspecified atom stereocenters. The molecular weight excluding hydrogens is 342 g/mol. The molecule has 6 nitrogen and oxygen atoms in total. The van der Waals surface area contributed by atoms with E-state index in [1.54, 1.807) is 0 Å². The Morgan fingerprint density at radius 1 is 1.19 bits per heavy atom. The van der Waals surface area contributed by atoms with E-state index in [1.807, 2.05) is 45.0 Å². The van der Waals surface area contributed by atoms with Crippen molar-refractivity contribution in [3.05, 3.63) is 23.9 Å². The number of ether oxygens (including phenoxy) is 2. The van der Waals surface area contributed by atoms with Crippen molar-refractivity contribution in [1.29, 1.82) is 0 Å². The Balaban J connectivity index is 1.91. The second kappa shape index (κ2) is 8.65. The first-order chi connectivity index (χ1) is 12.9. The zero-order chi connectivity index (χ0) is 19.4. The van der Waals surface area contributed by atoms with Crippen LogP contribution in [-0.2, 0) is 4.74 Å². The number of esters is 1. The van der Waals surface area contributed by atoms with Gasteiger partial charge in [-0.15, -0.1) is 0 Å². The van der Waals surface area contributed by atoms with Gasteiger partial charge in [-0.3, -0.25) is 0 Å². The second-order valence-corrected chi connectivity index (χ2v) is 7.74. The molecule has 6 heteroatoms. The highest BCUT2D eigenvalue weighted by Crippen LogP contribution is 2.34. The first-order valence-electron chi connectivity index (χ1n) is 9.84. The van der Waals surface area contributed by atoms with E-state index >= 15 is 0 Å². The van der Waals surface area contributed by atoms with Crippen LogP contribution in [0.25, 0.3) is 10.9 Å². The van der Waals surface area contributed by atoms with E-state index in [-0.39, 0.29) is 12.1 Å². The minimum atomic E-state index is -0.316. The molecule has 2 heterocycles. The van der Waals surface area contributed by atoms with Gasteiger partial charge in [0.25, 0.3) is 0 Å². The number of anilines is 1. The van der Waals surface area contributed by atoms with Crippen molar-refractivity contribution in [2.24, 2.45) is 0 Å². The normalized spacial score (nSPS) is 15.0. The van der Waals surface area contributed by atoms with Crippen LogP contribution in [0.4, 0.5) is 5.69 Å². The number of carbonyl (C=O) groups is 1. The highest BCUT2D eigenvalue weighted by Gasteiger charge is 2.19. The molecule has 1 aromatic carbocycles. The van der Waals surface area contributed by atoms with Crippen LogP contribution in [0.1, 0.15) is 43.6 Å². The molecule has 3 rings (SSSR count). The van der Waals surface area contributed by atoms with Gasteiger partial charge in [0.05, 0.1) is 11.6 Å². The van der Waals surface area contributed by atoms with Crippen molar-refractivity contribution in [3.8, 4) is 5.75 Å². The van der Waals surface area contributed by atoms with Gasteiger partial charge in [0, 0.05) is 42.8 Å². The summed E-state index contributed by atoms with van der Waals surface area (Å²) >= 11 is 0. The lowest BCUT2D eigenvalue weighted by molar-refractivity contribution is 0.0476. The Morgan fingerprint density at radius 3 is 2.59 bits per heavy atom. The van der Waals surface area contributed by atoms with E-state index in [9.17, 15) is 4.79 Å². The van der Waals surface area contributed by atoms with E-state index in [0.717, 1.165) is 35.4 Å². The van der Waals surface area contributed by atoms with Crippen molar-refractivity contribution < 1.29 is 14.3 Å². The molecule has 0 atom stereocenters. The molecule has 1 aliphatic heterocycles. The molecule has 27 heavy (non-hydrogen) atoms. The third-order valence-corrected chi connectivity index (χ3v) is 4.75.